The molecule has 1 aliphatic rings. The van der Waals surface area contributed by atoms with Crippen molar-refractivity contribution in [3.05, 3.63) is 52.2 Å². The molecule has 7 heteroatoms. The predicted octanol–water partition coefficient (Wildman–Crippen LogP) is 3.86. The SMILES string of the molecule is Cc1sc2nc(CN3CCOCC3)nc(NC(CN(C)C)c3ccccc3)c2c1C. The van der Waals surface area contributed by atoms with Gasteiger partial charge in [0.05, 0.1) is 31.2 Å². The maximum absolute atomic E-state index is 5.49. The molecule has 0 bridgehead atoms. The summed E-state index contributed by atoms with van der Waals surface area (Å²) in [5.41, 5.74) is 2.53. The van der Waals surface area contributed by atoms with E-state index in [9.17, 15) is 0 Å². The summed E-state index contributed by atoms with van der Waals surface area (Å²) in [6, 6.07) is 10.8. The Morgan fingerprint density at radius 3 is 2.57 bits per heavy atom. The molecule has 1 atom stereocenters. The van der Waals surface area contributed by atoms with Crippen molar-refractivity contribution in [1.82, 2.24) is 19.8 Å². The molecule has 0 saturated carbocycles. The highest BCUT2D eigenvalue weighted by Gasteiger charge is 2.20. The molecule has 6 nitrogen and oxygen atoms in total. The molecular formula is C23H31N5OS. The van der Waals surface area contributed by atoms with E-state index in [4.69, 9.17) is 14.7 Å². The summed E-state index contributed by atoms with van der Waals surface area (Å²) >= 11 is 1.76. The molecule has 1 N–H and O–H groups in total. The Hall–Kier alpha value is -2.06. The molecular weight excluding hydrogens is 394 g/mol. The number of likely N-dealkylation sites (N-methyl/N-ethyl adjacent to an activating group) is 1. The summed E-state index contributed by atoms with van der Waals surface area (Å²) < 4.78 is 5.49. The van der Waals surface area contributed by atoms with E-state index >= 15 is 0 Å². The van der Waals surface area contributed by atoms with Crippen molar-refractivity contribution >= 4 is 27.4 Å². The number of hydrogen-bond acceptors (Lipinski definition) is 7. The van der Waals surface area contributed by atoms with Crippen LogP contribution in [-0.4, -0.2) is 66.7 Å². The van der Waals surface area contributed by atoms with Crippen LogP contribution in [0.15, 0.2) is 30.3 Å². The van der Waals surface area contributed by atoms with Gasteiger partial charge in [0, 0.05) is 24.5 Å². The van der Waals surface area contributed by atoms with Crippen molar-refractivity contribution in [3.63, 3.8) is 0 Å². The zero-order chi connectivity index (χ0) is 21.1. The highest BCUT2D eigenvalue weighted by molar-refractivity contribution is 7.18. The number of anilines is 1. The maximum atomic E-state index is 5.49. The Morgan fingerprint density at radius 1 is 1.13 bits per heavy atom. The van der Waals surface area contributed by atoms with Crippen LogP contribution in [0, 0.1) is 13.8 Å². The van der Waals surface area contributed by atoms with Crippen LogP contribution in [0.5, 0.6) is 0 Å². The summed E-state index contributed by atoms with van der Waals surface area (Å²) in [5.74, 6) is 1.82. The van der Waals surface area contributed by atoms with Crippen LogP contribution >= 0.6 is 11.3 Å². The monoisotopic (exact) mass is 425 g/mol. The topological polar surface area (TPSA) is 53.5 Å². The third kappa shape index (κ3) is 4.81. The van der Waals surface area contributed by atoms with Gasteiger partial charge < -0.3 is 15.0 Å². The summed E-state index contributed by atoms with van der Waals surface area (Å²) in [7, 11) is 4.22. The molecule has 0 radical (unpaired) electrons. The van der Waals surface area contributed by atoms with E-state index in [0.29, 0.717) is 0 Å². The molecule has 0 amide bonds. The lowest BCUT2D eigenvalue weighted by Crippen LogP contribution is -2.36. The zero-order valence-electron chi connectivity index (χ0n) is 18.3. The van der Waals surface area contributed by atoms with E-state index in [1.807, 2.05) is 0 Å². The number of nitrogens with zero attached hydrogens (tertiary/aromatic N) is 4. The molecule has 1 unspecified atom stereocenters. The molecule has 0 aliphatic carbocycles. The van der Waals surface area contributed by atoms with E-state index in [0.717, 1.165) is 61.3 Å². The molecule has 4 rings (SSSR count). The third-order valence-electron chi connectivity index (χ3n) is 5.60. The summed E-state index contributed by atoms with van der Waals surface area (Å²) in [6.45, 7) is 9.41. The first-order valence-corrected chi connectivity index (χ1v) is 11.4. The number of benzene rings is 1. The molecule has 160 valence electrons. The Kier molecular flexibility index (Phi) is 6.63. The van der Waals surface area contributed by atoms with Gasteiger partial charge in [0.25, 0.3) is 0 Å². The summed E-state index contributed by atoms with van der Waals surface area (Å²) in [4.78, 5) is 16.9. The fourth-order valence-electron chi connectivity index (χ4n) is 3.88. The summed E-state index contributed by atoms with van der Waals surface area (Å²) in [6.07, 6.45) is 0. The van der Waals surface area contributed by atoms with E-state index in [1.54, 1.807) is 11.3 Å². The maximum Gasteiger partial charge on any atom is 0.146 e. The lowest BCUT2D eigenvalue weighted by Gasteiger charge is -2.26. The first kappa shape index (κ1) is 21.2. The first-order chi connectivity index (χ1) is 14.5. The van der Waals surface area contributed by atoms with Gasteiger partial charge >= 0.3 is 0 Å². The molecule has 3 aromatic rings. The van der Waals surface area contributed by atoms with Crippen LogP contribution in [0.4, 0.5) is 5.82 Å². The van der Waals surface area contributed by atoms with E-state index in [-0.39, 0.29) is 6.04 Å². The van der Waals surface area contributed by atoms with Gasteiger partial charge in [-0.2, -0.15) is 0 Å². The van der Waals surface area contributed by atoms with Gasteiger partial charge in [-0.05, 0) is 39.1 Å². The number of rotatable bonds is 7. The van der Waals surface area contributed by atoms with Gasteiger partial charge in [0.1, 0.15) is 16.5 Å². The van der Waals surface area contributed by atoms with Gasteiger partial charge in [-0.25, -0.2) is 9.97 Å². The van der Waals surface area contributed by atoms with Gasteiger partial charge in [-0.3, -0.25) is 4.90 Å². The smallest absolute Gasteiger partial charge is 0.146 e. The second kappa shape index (κ2) is 9.39. The lowest BCUT2D eigenvalue weighted by atomic mass is 10.1. The summed E-state index contributed by atoms with van der Waals surface area (Å²) in [5, 5.41) is 4.93. The van der Waals surface area contributed by atoms with Gasteiger partial charge in [-0.15, -0.1) is 11.3 Å². The second-order valence-corrected chi connectivity index (χ2v) is 9.41. The Balaban J connectivity index is 1.71. The lowest BCUT2D eigenvalue weighted by molar-refractivity contribution is 0.0331. The average molecular weight is 426 g/mol. The quantitative estimate of drug-likeness (QED) is 0.620. The molecule has 2 aromatic heterocycles. The number of hydrogen-bond donors (Lipinski definition) is 1. The number of aryl methyl sites for hydroxylation is 2. The van der Waals surface area contributed by atoms with Crippen molar-refractivity contribution in [2.75, 3.05) is 52.3 Å². The van der Waals surface area contributed by atoms with Crippen LogP contribution in [0.3, 0.4) is 0 Å². The van der Waals surface area contributed by atoms with E-state index < -0.39 is 0 Å². The Bertz CT molecular complexity index is 982. The second-order valence-electron chi connectivity index (χ2n) is 8.21. The van der Waals surface area contributed by atoms with Gasteiger partial charge in [0.2, 0.25) is 0 Å². The predicted molar refractivity (Wildman–Crippen MR) is 124 cm³/mol. The minimum Gasteiger partial charge on any atom is -0.379 e. The molecule has 1 fully saturated rings. The highest BCUT2D eigenvalue weighted by atomic mass is 32.1. The van der Waals surface area contributed by atoms with Crippen molar-refractivity contribution in [2.24, 2.45) is 0 Å². The fourth-order valence-corrected chi connectivity index (χ4v) is 4.93. The molecule has 1 saturated heterocycles. The Morgan fingerprint density at radius 2 is 1.87 bits per heavy atom. The van der Waals surface area contributed by atoms with Crippen molar-refractivity contribution in [2.45, 2.75) is 26.4 Å². The number of aromatic nitrogens is 2. The molecule has 0 spiro atoms. The number of ether oxygens (including phenoxy) is 1. The van der Waals surface area contributed by atoms with Crippen LogP contribution in [0.2, 0.25) is 0 Å². The van der Waals surface area contributed by atoms with E-state index in [1.165, 1.54) is 16.0 Å². The number of fused-ring (bicyclic) bond motifs is 1. The first-order valence-electron chi connectivity index (χ1n) is 10.5. The van der Waals surface area contributed by atoms with Gasteiger partial charge in [-0.1, -0.05) is 30.3 Å². The number of morpholine rings is 1. The van der Waals surface area contributed by atoms with E-state index in [2.05, 4.69) is 73.4 Å². The molecule has 3 heterocycles. The van der Waals surface area contributed by atoms with Crippen LogP contribution in [0.1, 0.15) is 27.9 Å². The van der Waals surface area contributed by atoms with Crippen molar-refractivity contribution in [1.29, 1.82) is 0 Å². The van der Waals surface area contributed by atoms with Gasteiger partial charge in [0.15, 0.2) is 0 Å². The normalized spacial score (nSPS) is 16.3. The minimum atomic E-state index is 0.148. The third-order valence-corrected chi connectivity index (χ3v) is 6.71. The zero-order valence-corrected chi connectivity index (χ0v) is 19.1. The molecule has 1 aromatic carbocycles. The van der Waals surface area contributed by atoms with Crippen molar-refractivity contribution < 1.29 is 4.74 Å². The highest BCUT2D eigenvalue weighted by Crippen LogP contribution is 2.35. The fraction of sp³-hybridized carbons (Fsp3) is 0.478. The van der Waals surface area contributed by atoms with Crippen LogP contribution in [0.25, 0.3) is 10.2 Å². The van der Waals surface area contributed by atoms with Crippen LogP contribution < -0.4 is 5.32 Å². The average Bonchev–Trinajstić information content (AvgIpc) is 3.02. The number of thiophene rings is 1. The molecule has 1 aliphatic heterocycles. The Labute approximate surface area is 182 Å². The van der Waals surface area contributed by atoms with Crippen molar-refractivity contribution in [3.8, 4) is 0 Å². The standard InChI is InChI=1S/C23H31N5OS/c1-16-17(2)30-23-21(16)22(25-20(26-23)15-28-10-12-29-13-11-28)24-19(14-27(3)4)18-8-6-5-7-9-18/h5-9,19H,10-15H2,1-4H3,(H,24,25,26). The van der Waals surface area contributed by atoms with Crippen LogP contribution in [-0.2, 0) is 11.3 Å². The minimum absolute atomic E-state index is 0.148. The largest absolute Gasteiger partial charge is 0.379 e. The molecule has 30 heavy (non-hydrogen) atoms. The number of nitrogens with one attached hydrogen (secondary N) is 1.